The number of nitrogens with one attached hydrogen (secondary N) is 2. The minimum absolute atomic E-state index is 0.0146. The number of primary sulfonamides is 1. The average Bonchev–Trinajstić information content (AvgIpc) is 2.65. The molecular weight excluding hydrogens is 409 g/mol. The standard InChI is InChI=1S/C18H21F3N4O3S/c19-18(20,21)14-5-8-16(25-12-14)23-10-1-11-24-17(26)9-4-13-2-6-15(7-3-13)29(22,27)28/h2-3,5-8,12H,1,4,9-11H2,(H,23,25)(H,24,26)(H2,22,27,28). The van der Waals surface area contributed by atoms with Crippen LogP contribution in [0.3, 0.4) is 0 Å². The van der Waals surface area contributed by atoms with E-state index in [0.717, 1.165) is 17.8 Å². The number of anilines is 1. The molecule has 0 radical (unpaired) electrons. The number of nitrogens with zero attached hydrogens (tertiary/aromatic N) is 1. The first-order valence-corrected chi connectivity index (χ1v) is 10.3. The molecule has 0 aliphatic heterocycles. The predicted octanol–water partition coefficient (Wildman–Crippen LogP) is 2.30. The van der Waals surface area contributed by atoms with Crippen molar-refractivity contribution in [2.24, 2.45) is 5.14 Å². The molecule has 0 aliphatic rings. The number of hydrogen-bond donors (Lipinski definition) is 3. The number of nitrogens with two attached hydrogens (primary N) is 1. The fourth-order valence-electron chi connectivity index (χ4n) is 2.39. The van der Waals surface area contributed by atoms with E-state index in [1.54, 1.807) is 12.1 Å². The lowest BCUT2D eigenvalue weighted by atomic mass is 10.1. The molecule has 158 valence electrons. The van der Waals surface area contributed by atoms with Crippen LogP contribution in [0.4, 0.5) is 19.0 Å². The Bertz CT molecular complexity index is 915. The van der Waals surface area contributed by atoms with E-state index in [-0.39, 0.29) is 17.2 Å². The molecule has 1 aromatic heterocycles. The third-order valence-electron chi connectivity index (χ3n) is 3.97. The van der Waals surface area contributed by atoms with E-state index < -0.39 is 21.8 Å². The van der Waals surface area contributed by atoms with Gasteiger partial charge in [0.25, 0.3) is 0 Å². The summed E-state index contributed by atoms with van der Waals surface area (Å²) in [6.45, 7) is 0.838. The number of halogens is 3. The van der Waals surface area contributed by atoms with Gasteiger partial charge in [0.1, 0.15) is 5.82 Å². The molecule has 0 saturated heterocycles. The zero-order valence-corrected chi connectivity index (χ0v) is 16.2. The number of rotatable bonds is 9. The number of alkyl halides is 3. The van der Waals surface area contributed by atoms with E-state index in [2.05, 4.69) is 15.6 Å². The van der Waals surface area contributed by atoms with E-state index in [9.17, 15) is 26.4 Å². The molecule has 0 fully saturated rings. The zero-order chi connectivity index (χ0) is 21.5. The number of hydrogen-bond acceptors (Lipinski definition) is 5. The SMILES string of the molecule is NS(=O)(=O)c1ccc(CCC(=O)NCCCNc2ccc(C(F)(F)F)cn2)cc1. The number of benzene rings is 1. The number of carbonyl (C=O) groups excluding carboxylic acids is 1. The maximum absolute atomic E-state index is 12.5. The lowest BCUT2D eigenvalue weighted by Crippen LogP contribution is -2.26. The number of aryl methyl sites for hydroxylation is 1. The molecule has 1 aromatic carbocycles. The molecule has 0 bridgehead atoms. The Morgan fingerprint density at radius 1 is 1.07 bits per heavy atom. The van der Waals surface area contributed by atoms with Crippen LogP contribution in [0, 0.1) is 0 Å². The van der Waals surface area contributed by atoms with Crippen molar-refractivity contribution in [3.63, 3.8) is 0 Å². The second-order valence-electron chi connectivity index (χ2n) is 6.25. The van der Waals surface area contributed by atoms with Crippen molar-refractivity contribution in [3.05, 3.63) is 53.7 Å². The zero-order valence-electron chi connectivity index (χ0n) is 15.4. The third kappa shape index (κ3) is 7.70. The van der Waals surface area contributed by atoms with Gasteiger partial charge in [0.15, 0.2) is 0 Å². The second kappa shape index (κ2) is 9.70. The number of pyridine rings is 1. The van der Waals surface area contributed by atoms with Gasteiger partial charge in [-0.05, 0) is 42.7 Å². The van der Waals surface area contributed by atoms with Crippen LogP contribution in [0.2, 0.25) is 0 Å². The third-order valence-corrected chi connectivity index (χ3v) is 4.89. The van der Waals surface area contributed by atoms with E-state index in [1.807, 2.05) is 0 Å². The quantitative estimate of drug-likeness (QED) is 0.528. The van der Waals surface area contributed by atoms with Crippen LogP contribution >= 0.6 is 0 Å². The molecule has 4 N–H and O–H groups in total. The number of aromatic nitrogens is 1. The highest BCUT2D eigenvalue weighted by Crippen LogP contribution is 2.28. The first kappa shape index (κ1) is 22.6. The molecule has 7 nitrogen and oxygen atoms in total. The maximum Gasteiger partial charge on any atom is 0.417 e. The molecule has 1 heterocycles. The summed E-state index contributed by atoms with van der Waals surface area (Å²) in [6, 6.07) is 8.20. The van der Waals surface area contributed by atoms with E-state index in [4.69, 9.17) is 5.14 Å². The van der Waals surface area contributed by atoms with Crippen LogP contribution in [-0.2, 0) is 27.4 Å². The molecule has 0 spiro atoms. The van der Waals surface area contributed by atoms with Crippen molar-refractivity contribution < 1.29 is 26.4 Å². The Morgan fingerprint density at radius 3 is 2.31 bits per heavy atom. The Balaban J connectivity index is 1.63. The highest BCUT2D eigenvalue weighted by Gasteiger charge is 2.30. The normalized spacial score (nSPS) is 11.9. The van der Waals surface area contributed by atoms with Crippen molar-refractivity contribution in [3.8, 4) is 0 Å². The fourth-order valence-corrected chi connectivity index (χ4v) is 2.91. The molecular formula is C18H21F3N4O3S. The Morgan fingerprint density at radius 2 is 1.76 bits per heavy atom. The summed E-state index contributed by atoms with van der Waals surface area (Å²) >= 11 is 0. The van der Waals surface area contributed by atoms with E-state index >= 15 is 0 Å². The van der Waals surface area contributed by atoms with Crippen LogP contribution in [0.15, 0.2) is 47.5 Å². The van der Waals surface area contributed by atoms with Crippen molar-refractivity contribution in [2.75, 3.05) is 18.4 Å². The molecule has 1 amide bonds. The van der Waals surface area contributed by atoms with Gasteiger partial charge in [-0.3, -0.25) is 4.79 Å². The highest BCUT2D eigenvalue weighted by atomic mass is 32.2. The van der Waals surface area contributed by atoms with Crippen LogP contribution in [0.5, 0.6) is 0 Å². The lowest BCUT2D eigenvalue weighted by Gasteiger charge is -2.09. The maximum atomic E-state index is 12.5. The summed E-state index contributed by atoms with van der Waals surface area (Å²) in [5.41, 5.74) is -0.00259. The predicted molar refractivity (Wildman–Crippen MR) is 101 cm³/mol. The van der Waals surface area contributed by atoms with E-state index in [1.165, 1.54) is 18.2 Å². The Hall–Kier alpha value is -2.66. The summed E-state index contributed by atoms with van der Waals surface area (Å²) < 4.78 is 59.7. The smallest absolute Gasteiger partial charge is 0.370 e. The molecule has 0 saturated carbocycles. The van der Waals surface area contributed by atoms with E-state index in [0.29, 0.717) is 31.7 Å². The van der Waals surface area contributed by atoms with Gasteiger partial charge >= 0.3 is 6.18 Å². The summed E-state index contributed by atoms with van der Waals surface area (Å²) in [5.74, 6) is 0.167. The molecule has 29 heavy (non-hydrogen) atoms. The first-order valence-electron chi connectivity index (χ1n) is 8.71. The second-order valence-corrected chi connectivity index (χ2v) is 7.81. The molecule has 2 rings (SSSR count). The van der Waals surface area contributed by atoms with Crippen LogP contribution in [-0.4, -0.2) is 32.4 Å². The van der Waals surface area contributed by atoms with Gasteiger partial charge in [-0.1, -0.05) is 12.1 Å². The van der Waals surface area contributed by atoms with Crippen molar-refractivity contribution in [1.82, 2.24) is 10.3 Å². The Labute approximate surface area is 166 Å². The summed E-state index contributed by atoms with van der Waals surface area (Å²) in [7, 11) is -3.74. The fraction of sp³-hybridized carbons (Fsp3) is 0.333. The topological polar surface area (TPSA) is 114 Å². The van der Waals surface area contributed by atoms with Gasteiger partial charge in [0.05, 0.1) is 10.5 Å². The summed E-state index contributed by atoms with van der Waals surface area (Å²) in [5, 5.41) is 10.6. The highest BCUT2D eigenvalue weighted by molar-refractivity contribution is 7.89. The van der Waals surface area contributed by atoms with Gasteiger partial charge in [-0.15, -0.1) is 0 Å². The van der Waals surface area contributed by atoms with Gasteiger partial charge in [0, 0.05) is 25.7 Å². The molecule has 2 aromatic rings. The lowest BCUT2D eigenvalue weighted by molar-refractivity contribution is -0.137. The molecule has 0 unspecified atom stereocenters. The number of sulfonamides is 1. The molecule has 11 heteroatoms. The van der Waals surface area contributed by atoms with Crippen molar-refractivity contribution in [2.45, 2.75) is 30.3 Å². The Kier molecular flexibility index (Phi) is 7.57. The van der Waals surface area contributed by atoms with Crippen LogP contribution in [0.25, 0.3) is 0 Å². The minimum atomic E-state index is -4.42. The average molecular weight is 430 g/mol. The van der Waals surface area contributed by atoms with Crippen molar-refractivity contribution >= 4 is 21.7 Å². The largest absolute Gasteiger partial charge is 0.417 e. The van der Waals surface area contributed by atoms with Crippen LogP contribution < -0.4 is 15.8 Å². The van der Waals surface area contributed by atoms with Gasteiger partial charge in [-0.2, -0.15) is 13.2 Å². The number of amides is 1. The minimum Gasteiger partial charge on any atom is -0.370 e. The molecule has 0 aliphatic carbocycles. The van der Waals surface area contributed by atoms with Gasteiger partial charge in [-0.25, -0.2) is 18.5 Å². The monoisotopic (exact) mass is 430 g/mol. The molecule has 0 atom stereocenters. The number of carbonyl (C=O) groups is 1. The summed E-state index contributed by atoms with van der Waals surface area (Å²) in [4.78, 5) is 15.6. The van der Waals surface area contributed by atoms with Gasteiger partial charge in [0.2, 0.25) is 15.9 Å². The van der Waals surface area contributed by atoms with Crippen LogP contribution in [0.1, 0.15) is 24.0 Å². The summed E-state index contributed by atoms with van der Waals surface area (Å²) in [6.07, 6.45) is -2.40. The van der Waals surface area contributed by atoms with Crippen molar-refractivity contribution in [1.29, 1.82) is 0 Å². The first-order chi connectivity index (χ1) is 13.6. The van der Waals surface area contributed by atoms with Gasteiger partial charge < -0.3 is 10.6 Å².